The van der Waals surface area contributed by atoms with Gasteiger partial charge in [0.2, 0.25) is 10.0 Å². The van der Waals surface area contributed by atoms with Crippen LogP contribution in [0.2, 0.25) is 5.02 Å². The summed E-state index contributed by atoms with van der Waals surface area (Å²) in [5, 5.41) is 0.0533. The topological polar surface area (TPSA) is 66.9 Å². The van der Waals surface area contributed by atoms with Crippen LogP contribution in [0.1, 0.15) is 42.7 Å². The summed E-state index contributed by atoms with van der Waals surface area (Å²) >= 11 is 6.23. The summed E-state index contributed by atoms with van der Waals surface area (Å²) < 4.78 is 46.7. The number of nitrogens with zero attached hydrogens (tertiary/aromatic N) is 2. The number of hydrogen-bond acceptors (Lipinski definition) is 4. The van der Waals surface area contributed by atoms with Crippen LogP contribution < -0.4 is 0 Å². The number of benzene rings is 2. The first-order chi connectivity index (χ1) is 14.5. The van der Waals surface area contributed by atoms with Gasteiger partial charge in [-0.05, 0) is 56.7 Å². The second-order valence-corrected chi connectivity index (χ2v) is 10.2. The van der Waals surface area contributed by atoms with Gasteiger partial charge in [-0.3, -0.25) is 4.79 Å². The molecule has 0 saturated carbocycles. The van der Waals surface area contributed by atoms with E-state index in [4.69, 9.17) is 16.3 Å². The number of carbonyl (C=O) groups excluding carboxylic acids is 1. The van der Waals surface area contributed by atoms with Gasteiger partial charge in [0.25, 0.3) is 5.91 Å². The fourth-order valence-corrected chi connectivity index (χ4v) is 5.74. The predicted octanol–water partition coefficient (Wildman–Crippen LogP) is 4.11. The average molecular weight is 469 g/mol. The summed E-state index contributed by atoms with van der Waals surface area (Å²) in [6.45, 7) is 5.86. The molecule has 168 valence electrons. The van der Waals surface area contributed by atoms with Gasteiger partial charge in [-0.25, -0.2) is 12.8 Å². The molecule has 6 nitrogen and oxygen atoms in total. The molecular weight excluding hydrogens is 443 g/mol. The van der Waals surface area contributed by atoms with Gasteiger partial charge in [0.1, 0.15) is 10.7 Å². The van der Waals surface area contributed by atoms with E-state index in [1.807, 2.05) is 20.8 Å². The smallest absolute Gasteiger partial charge is 0.254 e. The number of halogens is 2. The van der Waals surface area contributed by atoms with Crippen LogP contribution in [0.5, 0.6) is 0 Å². The Morgan fingerprint density at radius 3 is 2.32 bits per heavy atom. The number of rotatable bonds is 5. The van der Waals surface area contributed by atoms with Gasteiger partial charge in [-0.15, -0.1) is 0 Å². The standard InChI is InChI=1S/C22H26ClFN2O4S/c1-14-12-26(13-15(2)30-14)31(28,29)21-11-18(7-10-20(21)23)22(27)25(4)16(3)17-5-8-19(24)9-6-17/h5-11,14-16H,12-13H2,1-4H3. The number of hydrogen-bond donors (Lipinski definition) is 0. The third kappa shape index (κ3) is 5.09. The maximum Gasteiger partial charge on any atom is 0.254 e. The normalized spacial score (nSPS) is 21.0. The van der Waals surface area contributed by atoms with Crippen molar-refractivity contribution >= 4 is 27.5 Å². The van der Waals surface area contributed by atoms with Crippen LogP contribution in [-0.2, 0) is 14.8 Å². The molecule has 0 spiro atoms. The molecule has 1 fully saturated rings. The lowest BCUT2D eigenvalue weighted by atomic mass is 10.1. The molecule has 0 aliphatic carbocycles. The van der Waals surface area contributed by atoms with E-state index in [2.05, 4.69) is 0 Å². The maximum absolute atomic E-state index is 13.3. The van der Waals surface area contributed by atoms with E-state index in [1.165, 1.54) is 39.5 Å². The van der Waals surface area contributed by atoms with Crippen molar-refractivity contribution < 1.29 is 22.3 Å². The Balaban J connectivity index is 1.89. The van der Waals surface area contributed by atoms with Crippen molar-refractivity contribution in [2.45, 2.75) is 43.9 Å². The minimum absolute atomic E-state index is 0.0533. The number of amides is 1. The first kappa shape index (κ1) is 23.7. The summed E-state index contributed by atoms with van der Waals surface area (Å²) in [6, 6.07) is 9.80. The summed E-state index contributed by atoms with van der Waals surface area (Å²) in [5.41, 5.74) is 0.962. The van der Waals surface area contributed by atoms with Crippen molar-refractivity contribution in [3.63, 3.8) is 0 Å². The summed E-state index contributed by atoms with van der Waals surface area (Å²) in [7, 11) is -2.29. The fraction of sp³-hybridized carbons (Fsp3) is 0.409. The summed E-state index contributed by atoms with van der Waals surface area (Å²) in [5.74, 6) is -0.724. The van der Waals surface area contributed by atoms with E-state index in [1.54, 1.807) is 19.2 Å². The second-order valence-electron chi connectivity index (χ2n) is 7.87. The monoisotopic (exact) mass is 468 g/mol. The quantitative estimate of drug-likeness (QED) is 0.662. The molecule has 3 rings (SSSR count). The largest absolute Gasteiger partial charge is 0.373 e. The zero-order chi connectivity index (χ0) is 22.9. The Kier molecular flexibility index (Phi) is 7.05. The molecule has 0 radical (unpaired) electrons. The van der Waals surface area contributed by atoms with Gasteiger partial charge >= 0.3 is 0 Å². The molecule has 2 aromatic rings. The van der Waals surface area contributed by atoms with Crippen LogP contribution in [0.4, 0.5) is 4.39 Å². The first-order valence-corrected chi connectivity index (χ1v) is 11.8. The van der Waals surface area contributed by atoms with E-state index in [0.717, 1.165) is 5.56 Å². The van der Waals surface area contributed by atoms with Crippen molar-refractivity contribution in [3.05, 3.63) is 64.4 Å². The summed E-state index contributed by atoms with van der Waals surface area (Å²) in [6.07, 6.45) is -0.491. The van der Waals surface area contributed by atoms with E-state index in [0.29, 0.717) is 0 Å². The SMILES string of the molecule is CC1CN(S(=O)(=O)c2cc(C(=O)N(C)C(C)c3ccc(F)cc3)ccc2Cl)CC(C)O1. The van der Waals surface area contributed by atoms with Crippen molar-refractivity contribution in [2.75, 3.05) is 20.1 Å². The Morgan fingerprint density at radius 1 is 1.16 bits per heavy atom. The molecule has 0 aromatic heterocycles. The van der Waals surface area contributed by atoms with Gasteiger partial charge in [0, 0.05) is 25.7 Å². The molecule has 0 N–H and O–H groups in total. The van der Waals surface area contributed by atoms with Gasteiger partial charge in [-0.1, -0.05) is 23.7 Å². The van der Waals surface area contributed by atoms with Crippen LogP contribution in [0.3, 0.4) is 0 Å². The second kappa shape index (κ2) is 9.24. The highest BCUT2D eigenvalue weighted by Gasteiger charge is 2.34. The van der Waals surface area contributed by atoms with Crippen molar-refractivity contribution in [3.8, 4) is 0 Å². The third-order valence-electron chi connectivity index (χ3n) is 5.44. The van der Waals surface area contributed by atoms with Gasteiger partial charge < -0.3 is 9.64 Å². The third-order valence-corrected chi connectivity index (χ3v) is 7.75. The highest BCUT2D eigenvalue weighted by molar-refractivity contribution is 7.89. The predicted molar refractivity (Wildman–Crippen MR) is 117 cm³/mol. The molecule has 1 aliphatic heterocycles. The molecule has 2 aromatic carbocycles. The van der Waals surface area contributed by atoms with Crippen LogP contribution in [0.15, 0.2) is 47.4 Å². The Bertz CT molecular complexity index is 1050. The minimum atomic E-state index is -3.91. The molecular formula is C22H26ClFN2O4S. The summed E-state index contributed by atoms with van der Waals surface area (Å²) in [4.78, 5) is 14.4. The van der Waals surface area contributed by atoms with Crippen LogP contribution in [0.25, 0.3) is 0 Å². The molecule has 3 atom stereocenters. The Labute approximate surface area is 187 Å². The highest BCUT2D eigenvalue weighted by atomic mass is 35.5. The lowest BCUT2D eigenvalue weighted by molar-refractivity contribution is -0.0440. The lowest BCUT2D eigenvalue weighted by Gasteiger charge is -2.34. The van der Waals surface area contributed by atoms with Crippen LogP contribution >= 0.6 is 11.6 Å². The Hall–Kier alpha value is -2.00. The average Bonchev–Trinajstić information content (AvgIpc) is 2.72. The first-order valence-electron chi connectivity index (χ1n) is 9.98. The maximum atomic E-state index is 13.3. The van der Waals surface area contributed by atoms with Crippen molar-refractivity contribution in [1.82, 2.24) is 9.21 Å². The molecule has 1 saturated heterocycles. The number of sulfonamides is 1. The van der Waals surface area contributed by atoms with Crippen molar-refractivity contribution in [2.24, 2.45) is 0 Å². The minimum Gasteiger partial charge on any atom is -0.373 e. The van der Waals surface area contributed by atoms with Crippen molar-refractivity contribution in [1.29, 1.82) is 0 Å². The van der Waals surface area contributed by atoms with Gasteiger partial charge in [0.05, 0.1) is 23.3 Å². The van der Waals surface area contributed by atoms with Gasteiger partial charge in [0.15, 0.2) is 0 Å². The van der Waals surface area contributed by atoms with Crippen LogP contribution in [0, 0.1) is 5.82 Å². The highest BCUT2D eigenvalue weighted by Crippen LogP contribution is 2.29. The van der Waals surface area contributed by atoms with E-state index in [9.17, 15) is 17.6 Å². The number of morpholine rings is 1. The molecule has 0 bridgehead atoms. The zero-order valence-electron chi connectivity index (χ0n) is 17.9. The fourth-order valence-electron chi connectivity index (χ4n) is 3.64. The zero-order valence-corrected chi connectivity index (χ0v) is 19.5. The van der Waals surface area contributed by atoms with Gasteiger partial charge in [-0.2, -0.15) is 4.31 Å². The molecule has 9 heteroatoms. The number of ether oxygens (including phenoxy) is 1. The molecule has 31 heavy (non-hydrogen) atoms. The number of carbonyl (C=O) groups is 1. The molecule has 1 heterocycles. The lowest BCUT2D eigenvalue weighted by Crippen LogP contribution is -2.48. The molecule has 1 amide bonds. The van der Waals surface area contributed by atoms with E-state index in [-0.39, 0.29) is 58.5 Å². The Morgan fingerprint density at radius 2 is 1.74 bits per heavy atom. The molecule has 3 unspecified atom stereocenters. The van der Waals surface area contributed by atoms with E-state index >= 15 is 0 Å². The van der Waals surface area contributed by atoms with E-state index < -0.39 is 10.0 Å². The molecule has 1 aliphatic rings. The van der Waals surface area contributed by atoms with Crippen LogP contribution in [-0.4, -0.2) is 55.9 Å².